The van der Waals surface area contributed by atoms with Crippen molar-refractivity contribution >= 4 is 17.4 Å². The van der Waals surface area contributed by atoms with Gasteiger partial charge in [-0.15, -0.1) is 0 Å². The van der Waals surface area contributed by atoms with E-state index in [1.807, 2.05) is 0 Å². The molecule has 0 heterocycles. The van der Waals surface area contributed by atoms with Crippen LogP contribution in [0.15, 0.2) is 36.4 Å². The number of hydrogen-bond acceptors (Lipinski definition) is 1. The van der Waals surface area contributed by atoms with E-state index in [-0.39, 0.29) is 5.02 Å². The van der Waals surface area contributed by atoms with E-state index < -0.39 is 34.4 Å². The van der Waals surface area contributed by atoms with E-state index in [9.17, 15) is 18.0 Å². The first-order chi connectivity index (χ1) is 8.52. The van der Waals surface area contributed by atoms with Crippen molar-refractivity contribution in [2.45, 2.75) is 0 Å². The highest BCUT2D eigenvalue weighted by atomic mass is 35.5. The van der Waals surface area contributed by atoms with Gasteiger partial charge < -0.3 is 0 Å². The number of ketones is 1. The maximum absolute atomic E-state index is 13.6. The maximum atomic E-state index is 13.6. The summed E-state index contributed by atoms with van der Waals surface area (Å²) in [5, 5.41) is -0.280. The van der Waals surface area contributed by atoms with Gasteiger partial charge in [-0.3, -0.25) is 4.79 Å². The van der Waals surface area contributed by atoms with Gasteiger partial charge in [0.15, 0.2) is 5.82 Å². The Bertz CT molecular complexity index is 605. The largest absolute Gasteiger partial charge is 0.288 e. The fourth-order valence-corrected chi connectivity index (χ4v) is 1.70. The lowest BCUT2D eigenvalue weighted by Crippen LogP contribution is -2.09. The van der Waals surface area contributed by atoms with Gasteiger partial charge in [-0.2, -0.15) is 0 Å². The summed E-state index contributed by atoms with van der Waals surface area (Å²) in [4.78, 5) is 11.9. The molecule has 0 spiro atoms. The lowest BCUT2D eigenvalue weighted by Gasteiger charge is -2.06. The minimum absolute atomic E-state index is 0.280. The minimum Gasteiger partial charge on any atom is -0.288 e. The molecule has 0 unspecified atom stereocenters. The lowest BCUT2D eigenvalue weighted by molar-refractivity contribution is 0.102. The van der Waals surface area contributed by atoms with Gasteiger partial charge in [-0.1, -0.05) is 23.7 Å². The molecule has 0 bridgehead atoms. The van der Waals surface area contributed by atoms with Crippen molar-refractivity contribution in [2.75, 3.05) is 0 Å². The summed E-state index contributed by atoms with van der Waals surface area (Å²) in [6.07, 6.45) is 0. The zero-order valence-corrected chi connectivity index (χ0v) is 9.64. The molecule has 1 nitrogen and oxygen atoms in total. The SMILES string of the molecule is O=C(c1cccc(Cl)c1F)c1c(F)cccc1F. The Kier molecular flexibility index (Phi) is 3.39. The molecule has 0 aromatic heterocycles. The molecule has 2 rings (SSSR count). The zero-order chi connectivity index (χ0) is 13.3. The summed E-state index contributed by atoms with van der Waals surface area (Å²) in [7, 11) is 0. The molecule has 0 aliphatic rings. The van der Waals surface area contributed by atoms with E-state index in [2.05, 4.69) is 0 Å². The average Bonchev–Trinajstić information content (AvgIpc) is 2.32. The molecule has 2 aromatic rings. The number of hydrogen-bond donors (Lipinski definition) is 0. The highest BCUT2D eigenvalue weighted by Gasteiger charge is 2.22. The Morgan fingerprint density at radius 1 is 0.944 bits per heavy atom. The Morgan fingerprint density at radius 2 is 1.50 bits per heavy atom. The van der Waals surface area contributed by atoms with Gasteiger partial charge in [0.1, 0.15) is 11.6 Å². The van der Waals surface area contributed by atoms with E-state index in [1.54, 1.807) is 0 Å². The summed E-state index contributed by atoms with van der Waals surface area (Å²) in [5.74, 6) is -4.16. The highest BCUT2D eigenvalue weighted by molar-refractivity contribution is 6.31. The van der Waals surface area contributed by atoms with Gasteiger partial charge in [0.25, 0.3) is 0 Å². The van der Waals surface area contributed by atoms with Crippen molar-refractivity contribution in [1.82, 2.24) is 0 Å². The van der Waals surface area contributed by atoms with E-state index in [1.165, 1.54) is 12.1 Å². The molecular weight excluding hydrogens is 265 g/mol. The van der Waals surface area contributed by atoms with Crippen LogP contribution in [-0.2, 0) is 0 Å². The molecule has 0 aliphatic carbocycles. The number of halogens is 4. The predicted octanol–water partition coefficient (Wildman–Crippen LogP) is 3.99. The van der Waals surface area contributed by atoms with Crippen molar-refractivity contribution in [3.63, 3.8) is 0 Å². The molecule has 0 radical (unpaired) electrons. The summed E-state index contributed by atoms with van der Waals surface area (Å²) in [6.45, 7) is 0. The fourth-order valence-electron chi connectivity index (χ4n) is 1.53. The smallest absolute Gasteiger partial charge is 0.201 e. The quantitative estimate of drug-likeness (QED) is 0.754. The molecule has 0 fully saturated rings. The zero-order valence-electron chi connectivity index (χ0n) is 8.88. The molecule has 0 amide bonds. The van der Waals surface area contributed by atoms with Crippen LogP contribution in [0, 0.1) is 17.5 Å². The molecule has 92 valence electrons. The Balaban J connectivity index is 2.59. The third-order valence-corrected chi connectivity index (χ3v) is 2.68. The fraction of sp³-hybridized carbons (Fsp3) is 0. The van der Waals surface area contributed by atoms with Crippen LogP contribution >= 0.6 is 11.6 Å². The summed E-state index contributed by atoms with van der Waals surface area (Å²) in [5.41, 5.74) is -1.26. The molecule has 0 N–H and O–H groups in total. The van der Waals surface area contributed by atoms with Crippen LogP contribution in [0.3, 0.4) is 0 Å². The van der Waals surface area contributed by atoms with E-state index in [0.717, 1.165) is 24.3 Å². The topological polar surface area (TPSA) is 17.1 Å². The summed E-state index contributed by atoms with van der Waals surface area (Å²) >= 11 is 5.51. The van der Waals surface area contributed by atoms with Crippen LogP contribution in [-0.4, -0.2) is 5.78 Å². The second-order valence-corrected chi connectivity index (χ2v) is 3.93. The maximum Gasteiger partial charge on any atom is 0.201 e. The second-order valence-electron chi connectivity index (χ2n) is 3.53. The Hall–Kier alpha value is -1.81. The third kappa shape index (κ3) is 2.11. The number of rotatable bonds is 2. The number of benzene rings is 2. The van der Waals surface area contributed by atoms with Gasteiger partial charge in [0.2, 0.25) is 5.78 Å². The van der Waals surface area contributed by atoms with Crippen LogP contribution < -0.4 is 0 Å². The average molecular weight is 271 g/mol. The van der Waals surface area contributed by atoms with Gasteiger partial charge in [-0.05, 0) is 24.3 Å². The van der Waals surface area contributed by atoms with Crippen LogP contribution in [0.25, 0.3) is 0 Å². The van der Waals surface area contributed by atoms with Crippen molar-refractivity contribution < 1.29 is 18.0 Å². The Labute approximate surface area is 106 Å². The minimum atomic E-state index is -1.08. The molecule has 2 aromatic carbocycles. The van der Waals surface area contributed by atoms with Gasteiger partial charge in [0, 0.05) is 0 Å². The Morgan fingerprint density at radius 3 is 2.11 bits per heavy atom. The monoisotopic (exact) mass is 270 g/mol. The number of carbonyl (C=O) groups excluding carboxylic acids is 1. The highest BCUT2D eigenvalue weighted by Crippen LogP contribution is 2.23. The van der Waals surface area contributed by atoms with E-state index in [0.29, 0.717) is 0 Å². The van der Waals surface area contributed by atoms with Gasteiger partial charge in [0.05, 0.1) is 16.1 Å². The molecule has 0 aliphatic heterocycles. The predicted molar refractivity (Wildman–Crippen MR) is 61.2 cm³/mol. The van der Waals surface area contributed by atoms with Crippen molar-refractivity contribution in [2.24, 2.45) is 0 Å². The van der Waals surface area contributed by atoms with E-state index in [4.69, 9.17) is 11.6 Å². The summed E-state index contributed by atoms with van der Waals surface area (Å²) in [6, 6.07) is 6.67. The molecular formula is C13H6ClF3O. The van der Waals surface area contributed by atoms with Crippen LogP contribution in [0.2, 0.25) is 5.02 Å². The normalized spacial score (nSPS) is 10.4. The second kappa shape index (κ2) is 4.82. The molecule has 0 saturated carbocycles. The van der Waals surface area contributed by atoms with Crippen molar-refractivity contribution in [1.29, 1.82) is 0 Å². The molecule has 0 saturated heterocycles. The lowest BCUT2D eigenvalue weighted by atomic mass is 10.0. The van der Waals surface area contributed by atoms with Gasteiger partial charge >= 0.3 is 0 Å². The number of carbonyl (C=O) groups is 1. The summed E-state index contributed by atoms with van der Waals surface area (Å²) < 4.78 is 40.4. The first-order valence-electron chi connectivity index (χ1n) is 4.95. The van der Waals surface area contributed by atoms with Gasteiger partial charge in [-0.25, -0.2) is 13.2 Å². The first-order valence-corrected chi connectivity index (χ1v) is 5.33. The third-order valence-electron chi connectivity index (χ3n) is 2.39. The molecule has 0 atom stereocenters. The van der Waals surface area contributed by atoms with Crippen molar-refractivity contribution in [3.05, 3.63) is 70.0 Å². The molecule has 18 heavy (non-hydrogen) atoms. The molecule has 5 heteroatoms. The first kappa shape index (κ1) is 12.6. The van der Waals surface area contributed by atoms with Crippen LogP contribution in [0.5, 0.6) is 0 Å². The standard InChI is InChI=1S/C13H6ClF3O/c14-8-4-1-3-7(12(8)17)13(18)11-9(15)5-2-6-10(11)16/h1-6H. The van der Waals surface area contributed by atoms with E-state index >= 15 is 0 Å². The van der Waals surface area contributed by atoms with Crippen LogP contribution in [0.4, 0.5) is 13.2 Å². The van der Waals surface area contributed by atoms with Crippen molar-refractivity contribution in [3.8, 4) is 0 Å². The van der Waals surface area contributed by atoms with Crippen LogP contribution in [0.1, 0.15) is 15.9 Å².